The molecule has 21 heavy (non-hydrogen) atoms. The van der Waals surface area contributed by atoms with Gasteiger partial charge in [-0.05, 0) is 51.2 Å². The molecule has 2 aliphatic rings. The Morgan fingerprint density at radius 3 is 2.52 bits per heavy atom. The van der Waals surface area contributed by atoms with Gasteiger partial charge in [0.15, 0.2) is 0 Å². The molecule has 1 aromatic rings. The average Bonchev–Trinajstić information content (AvgIpc) is 3.00. The van der Waals surface area contributed by atoms with Crippen molar-refractivity contribution < 1.29 is 19.1 Å². The van der Waals surface area contributed by atoms with Crippen LogP contribution in [0.2, 0.25) is 0 Å². The fourth-order valence-electron chi connectivity index (χ4n) is 3.35. The first-order valence-electron chi connectivity index (χ1n) is 7.66. The maximum atomic E-state index is 12.8. The smallest absolute Gasteiger partial charge is 0.306 e. The molecule has 0 aliphatic heterocycles. The van der Waals surface area contributed by atoms with E-state index in [2.05, 4.69) is 0 Å². The van der Waals surface area contributed by atoms with Gasteiger partial charge >= 0.3 is 5.97 Å². The quantitative estimate of drug-likeness (QED) is 0.905. The van der Waals surface area contributed by atoms with E-state index in [-0.39, 0.29) is 23.8 Å². The minimum Gasteiger partial charge on any atom is -0.481 e. The van der Waals surface area contributed by atoms with Crippen LogP contribution in [0.5, 0.6) is 0 Å². The van der Waals surface area contributed by atoms with Crippen molar-refractivity contribution in [3.63, 3.8) is 0 Å². The summed E-state index contributed by atoms with van der Waals surface area (Å²) >= 11 is 0. The standard InChI is InChI=1S/C16H21NO4/c1-10(14-3-2-8-21-14)17(13-6-7-13)15(18)11-4-5-12(9-11)16(19)20/h2-3,8,10-13H,4-7,9H2,1H3,(H,19,20)/t10?,11-,12+/m1/s1. The van der Waals surface area contributed by atoms with Gasteiger partial charge < -0.3 is 14.4 Å². The van der Waals surface area contributed by atoms with Crippen molar-refractivity contribution in [2.45, 2.75) is 51.1 Å². The summed E-state index contributed by atoms with van der Waals surface area (Å²) in [5.74, 6) is -0.390. The van der Waals surface area contributed by atoms with Crippen LogP contribution in [-0.4, -0.2) is 27.9 Å². The van der Waals surface area contributed by atoms with Crippen LogP contribution in [0.4, 0.5) is 0 Å². The second-order valence-electron chi connectivity index (χ2n) is 6.21. The van der Waals surface area contributed by atoms with E-state index in [4.69, 9.17) is 9.52 Å². The van der Waals surface area contributed by atoms with Crippen LogP contribution in [0, 0.1) is 11.8 Å². The van der Waals surface area contributed by atoms with Crippen LogP contribution in [0.15, 0.2) is 22.8 Å². The molecule has 2 fully saturated rings. The minimum atomic E-state index is -0.776. The van der Waals surface area contributed by atoms with Gasteiger partial charge in [0.2, 0.25) is 5.91 Å². The zero-order valence-corrected chi connectivity index (χ0v) is 12.2. The van der Waals surface area contributed by atoms with Gasteiger partial charge in [0.05, 0.1) is 18.2 Å². The molecule has 2 aliphatic carbocycles. The molecular formula is C16H21NO4. The van der Waals surface area contributed by atoms with E-state index in [0.29, 0.717) is 25.3 Å². The Hall–Kier alpha value is -1.78. The van der Waals surface area contributed by atoms with Crippen molar-refractivity contribution in [3.8, 4) is 0 Å². The highest BCUT2D eigenvalue weighted by Crippen LogP contribution is 2.39. The van der Waals surface area contributed by atoms with Crippen molar-refractivity contribution in [3.05, 3.63) is 24.2 Å². The average molecular weight is 291 g/mol. The highest BCUT2D eigenvalue weighted by Gasteiger charge is 2.42. The van der Waals surface area contributed by atoms with Crippen LogP contribution in [-0.2, 0) is 9.59 Å². The van der Waals surface area contributed by atoms with E-state index in [0.717, 1.165) is 18.6 Å². The summed E-state index contributed by atoms with van der Waals surface area (Å²) in [6.45, 7) is 1.98. The molecule has 114 valence electrons. The second-order valence-corrected chi connectivity index (χ2v) is 6.21. The van der Waals surface area contributed by atoms with Gasteiger partial charge in [-0.1, -0.05) is 0 Å². The number of rotatable bonds is 5. The van der Waals surface area contributed by atoms with Crippen LogP contribution in [0.3, 0.4) is 0 Å². The molecule has 0 radical (unpaired) electrons. The number of carbonyl (C=O) groups is 2. The highest BCUT2D eigenvalue weighted by atomic mass is 16.4. The van der Waals surface area contributed by atoms with Crippen molar-refractivity contribution >= 4 is 11.9 Å². The molecule has 0 aromatic carbocycles. The predicted molar refractivity (Wildman–Crippen MR) is 75.5 cm³/mol. The van der Waals surface area contributed by atoms with Crippen LogP contribution in [0.25, 0.3) is 0 Å². The monoisotopic (exact) mass is 291 g/mol. The third-order valence-corrected chi connectivity index (χ3v) is 4.70. The third kappa shape index (κ3) is 2.82. The van der Waals surface area contributed by atoms with Gasteiger partial charge in [0.1, 0.15) is 5.76 Å². The molecule has 1 amide bonds. The Bertz CT molecular complexity index is 520. The number of carbonyl (C=O) groups excluding carboxylic acids is 1. The summed E-state index contributed by atoms with van der Waals surface area (Å²) in [5, 5.41) is 9.09. The summed E-state index contributed by atoms with van der Waals surface area (Å²) in [5.41, 5.74) is 0. The number of hydrogen-bond donors (Lipinski definition) is 1. The summed E-state index contributed by atoms with van der Waals surface area (Å²) < 4.78 is 5.44. The highest BCUT2D eigenvalue weighted by molar-refractivity contribution is 5.82. The van der Waals surface area contributed by atoms with Gasteiger partial charge in [-0.25, -0.2) is 0 Å². The molecule has 5 nitrogen and oxygen atoms in total. The van der Waals surface area contributed by atoms with E-state index >= 15 is 0 Å². The number of carboxylic acid groups (broad SMARTS) is 1. The molecule has 1 unspecified atom stereocenters. The summed E-state index contributed by atoms with van der Waals surface area (Å²) in [4.78, 5) is 25.8. The minimum absolute atomic E-state index is 0.0797. The zero-order valence-electron chi connectivity index (χ0n) is 12.2. The summed E-state index contributed by atoms with van der Waals surface area (Å²) in [6.07, 6.45) is 5.46. The Morgan fingerprint density at radius 1 is 1.29 bits per heavy atom. The van der Waals surface area contributed by atoms with E-state index in [1.807, 2.05) is 24.0 Å². The molecular weight excluding hydrogens is 270 g/mol. The topological polar surface area (TPSA) is 70.8 Å². The Kier molecular flexibility index (Phi) is 3.74. The Labute approximate surface area is 123 Å². The first kappa shape index (κ1) is 14.2. The maximum absolute atomic E-state index is 12.8. The number of aliphatic carboxylic acids is 1. The lowest BCUT2D eigenvalue weighted by molar-refractivity contribution is -0.142. The van der Waals surface area contributed by atoms with Gasteiger partial charge in [0, 0.05) is 12.0 Å². The molecule has 0 bridgehead atoms. The Morgan fingerprint density at radius 2 is 2.00 bits per heavy atom. The fourth-order valence-corrected chi connectivity index (χ4v) is 3.35. The molecule has 0 saturated heterocycles. The van der Waals surface area contributed by atoms with Crippen molar-refractivity contribution in [2.24, 2.45) is 11.8 Å². The molecule has 3 rings (SSSR count). The van der Waals surface area contributed by atoms with Crippen molar-refractivity contribution in [2.75, 3.05) is 0 Å². The van der Waals surface area contributed by atoms with Gasteiger partial charge in [-0.2, -0.15) is 0 Å². The predicted octanol–water partition coefficient (Wildman–Crippen LogP) is 2.83. The number of amides is 1. The molecule has 1 N–H and O–H groups in total. The lowest BCUT2D eigenvalue weighted by Gasteiger charge is -2.30. The van der Waals surface area contributed by atoms with Crippen LogP contribution >= 0.6 is 0 Å². The molecule has 3 atom stereocenters. The normalized spacial score (nSPS) is 26.5. The Balaban J connectivity index is 1.72. The van der Waals surface area contributed by atoms with E-state index < -0.39 is 5.97 Å². The van der Waals surface area contributed by atoms with Crippen molar-refractivity contribution in [1.82, 2.24) is 4.90 Å². The number of nitrogens with zero attached hydrogens (tertiary/aromatic N) is 1. The van der Waals surface area contributed by atoms with Gasteiger partial charge in [-0.15, -0.1) is 0 Å². The third-order valence-electron chi connectivity index (χ3n) is 4.70. The fraction of sp³-hybridized carbons (Fsp3) is 0.625. The maximum Gasteiger partial charge on any atom is 0.306 e. The summed E-state index contributed by atoms with van der Waals surface area (Å²) in [6, 6.07) is 3.93. The van der Waals surface area contributed by atoms with E-state index in [1.165, 1.54) is 0 Å². The number of furan rings is 1. The van der Waals surface area contributed by atoms with Crippen LogP contribution in [0.1, 0.15) is 50.8 Å². The molecule has 5 heteroatoms. The van der Waals surface area contributed by atoms with E-state index in [1.54, 1.807) is 6.26 Å². The van der Waals surface area contributed by atoms with Gasteiger partial charge in [-0.3, -0.25) is 9.59 Å². The van der Waals surface area contributed by atoms with Crippen molar-refractivity contribution in [1.29, 1.82) is 0 Å². The van der Waals surface area contributed by atoms with Gasteiger partial charge in [0.25, 0.3) is 0 Å². The number of carboxylic acids is 1. The van der Waals surface area contributed by atoms with E-state index in [9.17, 15) is 9.59 Å². The molecule has 2 saturated carbocycles. The lowest BCUT2D eigenvalue weighted by Crippen LogP contribution is -2.39. The SMILES string of the molecule is CC(c1ccco1)N(C(=O)[C@@H]1CC[C@H](C(=O)O)C1)C1CC1. The zero-order chi connectivity index (χ0) is 15.0. The summed E-state index contributed by atoms with van der Waals surface area (Å²) in [7, 11) is 0. The largest absolute Gasteiger partial charge is 0.481 e. The first-order chi connectivity index (χ1) is 10.1. The van der Waals surface area contributed by atoms with Crippen LogP contribution < -0.4 is 0 Å². The number of hydrogen-bond acceptors (Lipinski definition) is 3. The molecule has 1 heterocycles. The molecule has 1 aromatic heterocycles. The molecule has 0 spiro atoms. The first-order valence-corrected chi connectivity index (χ1v) is 7.66. The second kappa shape index (κ2) is 5.54. The lowest BCUT2D eigenvalue weighted by atomic mass is 10.0.